The minimum atomic E-state index is -0.296. The molecule has 0 bridgehead atoms. The molecule has 0 spiro atoms. The maximum absolute atomic E-state index is 13.1. The van der Waals surface area contributed by atoms with Gasteiger partial charge in [0.25, 0.3) is 5.91 Å². The lowest BCUT2D eigenvalue weighted by Crippen LogP contribution is -2.44. The zero-order valence-corrected chi connectivity index (χ0v) is 20.5. The van der Waals surface area contributed by atoms with Gasteiger partial charge in [-0.3, -0.25) is 24.2 Å². The Bertz CT molecular complexity index is 1390. The fourth-order valence-electron chi connectivity index (χ4n) is 3.98. The molecule has 1 aliphatic rings. The molecule has 1 saturated heterocycles. The maximum Gasteiger partial charge on any atom is 0.260 e. The number of nitrogens with zero attached hydrogens (tertiary/aromatic N) is 6. The molecule has 1 atom stereocenters. The van der Waals surface area contributed by atoms with Gasteiger partial charge in [0, 0.05) is 38.1 Å². The number of aromatic nitrogens is 5. The molecule has 4 aromatic rings. The van der Waals surface area contributed by atoms with E-state index in [0.29, 0.717) is 35.8 Å². The Labute approximate surface area is 205 Å². The van der Waals surface area contributed by atoms with Gasteiger partial charge in [-0.1, -0.05) is 0 Å². The largest absolute Gasteiger partial charge is 0.376 e. The van der Waals surface area contributed by atoms with Crippen LogP contribution in [0.2, 0.25) is 0 Å². The normalized spacial score (nSPS) is 16.5. The van der Waals surface area contributed by atoms with Crippen molar-refractivity contribution in [2.45, 2.75) is 20.0 Å². The van der Waals surface area contributed by atoms with Crippen LogP contribution in [-0.2, 0) is 16.6 Å². The lowest BCUT2D eigenvalue weighted by atomic mass is 10.2. The number of rotatable bonds is 6. The molecule has 0 saturated carbocycles. The number of hydrogen-bond donors (Lipinski definition) is 2. The third-order valence-corrected chi connectivity index (χ3v) is 6.90. The van der Waals surface area contributed by atoms with E-state index >= 15 is 0 Å². The third kappa shape index (κ3) is 5.09. The summed E-state index contributed by atoms with van der Waals surface area (Å²) in [7, 11) is 1.86. The van der Waals surface area contributed by atoms with Gasteiger partial charge in [0.05, 0.1) is 65.4 Å². The van der Waals surface area contributed by atoms with Crippen molar-refractivity contribution >= 4 is 39.4 Å². The lowest BCUT2D eigenvalue weighted by Gasteiger charge is -2.30. The molecular weight excluding hydrogens is 468 g/mol. The van der Waals surface area contributed by atoms with E-state index in [9.17, 15) is 9.59 Å². The Morgan fingerprint density at radius 3 is 2.83 bits per heavy atom. The molecule has 4 aromatic heterocycles. The smallest absolute Gasteiger partial charge is 0.260 e. The molecule has 0 aromatic carbocycles. The standard InChI is InChI=1S/C23H26N8O3S/c1-14-10-30(4-5-34-14)13-21(32)27-17-6-19(15(2)24-8-17)28-22(33)18-9-26-31-12-20(35-23(18)31)16-7-25-29(3)11-16/h6-9,11-12,14H,4-5,10,13H2,1-3H3,(H,27,32)(H,28,33). The van der Waals surface area contributed by atoms with Crippen LogP contribution in [0, 0.1) is 6.92 Å². The van der Waals surface area contributed by atoms with Gasteiger partial charge in [-0.25, -0.2) is 4.52 Å². The number of carbonyl (C=O) groups is 2. The molecule has 5 heterocycles. The second-order valence-corrected chi connectivity index (χ2v) is 9.61. The Morgan fingerprint density at radius 1 is 1.20 bits per heavy atom. The topological polar surface area (TPSA) is 119 Å². The van der Waals surface area contributed by atoms with Crippen LogP contribution < -0.4 is 10.6 Å². The van der Waals surface area contributed by atoms with Crippen molar-refractivity contribution in [1.82, 2.24) is 29.3 Å². The third-order valence-electron chi connectivity index (χ3n) is 5.74. The van der Waals surface area contributed by atoms with E-state index in [1.54, 1.807) is 40.8 Å². The SMILES string of the molecule is Cc1ncc(NC(=O)CN2CCOC(C)C2)cc1NC(=O)c1cnn2cc(-c3cnn(C)c3)sc12. The first-order valence-corrected chi connectivity index (χ1v) is 12.1. The Morgan fingerprint density at radius 2 is 2.06 bits per heavy atom. The Balaban J connectivity index is 1.29. The highest BCUT2D eigenvalue weighted by atomic mass is 32.1. The minimum Gasteiger partial charge on any atom is -0.376 e. The maximum atomic E-state index is 13.1. The van der Waals surface area contributed by atoms with Gasteiger partial charge in [0.2, 0.25) is 5.91 Å². The summed E-state index contributed by atoms with van der Waals surface area (Å²) in [6, 6.07) is 1.72. The summed E-state index contributed by atoms with van der Waals surface area (Å²) in [5.41, 5.74) is 3.11. The molecule has 0 aliphatic carbocycles. The van der Waals surface area contributed by atoms with Gasteiger partial charge in [0.15, 0.2) is 0 Å². The highest BCUT2D eigenvalue weighted by Gasteiger charge is 2.20. The molecule has 0 radical (unpaired) electrons. The number of hydrogen-bond acceptors (Lipinski definition) is 8. The number of thiazole rings is 1. The molecule has 2 amide bonds. The number of carbonyl (C=O) groups excluding carboxylic acids is 2. The molecule has 5 rings (SSSR count). The van der Waals surface area contributed by atoms with E-state index in [1.165, 1.54) is 11.3 Å². The predicted molar refractivity (Wildman–Crippen MR) is 133 cm³/mol. The van der Waals surface area contributed by atoms with Crippen LogP contribution >= 0.6 is 11.3 Å². The Kier molecular flexibility index (Phi) is 6.32. The first-order chi connectivity index (χ1) is 16.9. The molecule has 1 unspecified atom stereocenters. The van der Waals surface area contributed by atoms with Gasteiger partial charge in [-0.15, -0.1) is 11.3 Å². The predicted octanol–water partition coefficient (Wildman–Crippen LogP) is 2.41. The van der Waals surface area contributed by atoms with Gasteiger partial charge in [0.1, 0.15) is 4.83 Å². The van der Waals surface area contributed by atoms with Crippen LogP contribution in [0.1, 0.15) is 23.0 Å². The molecule has 182 valence electrons. The summed E-state index contributed by atoms with van der Waals surface area (Å²) in [6.07, 6.45) is 8.82. The van der Waals surface area contributed by atoms with Crippen molar-refractivity contribution in [2.24, 2.45) is 7.05 Å². The van der Waals surface area contributed by atoms with Crippen molar-refractivity contribution in [3.8, 4) is 10.4 Å². The van der Waals surface area contributed by atoms with Gasteiger partial charge >= 0.3 is 0 Å². The second kappa shape index (κ2) is 9.56. The first kappa shape index (κ1) is 23.1. The van der Waals surface area contributed by atoms with Crippen LogP contribution in [0.3, 0.4) is 0 Å². The van der Waals surface area contributed by atoms with Gasteiger partial charge in [-0.2, -0.15) is 10.2 Å². The number of fused-ring (bicyclic) bond motifs is 1. The fraction of sp³-hybridized carbons (Fsp3) is 0.348. The van der Waals surface area contributed by atoms with E-state index in [1.807, 2.05) is 26.4 Å². The van der Waals surface area contributed by atoms with E-state index in [4.69, 9.17) is 4.74 Å². The van der Waals surface area contributed by atoms with E-state index < -0.39 is 0 Å². The highest BCUT2D eigenvalue weighted by molar-refractivity contribution is 7.21. The van der Waals surface area contributed by atoms with Crippen molar-refractivity contribution in [3.05, 3.63) is 48.3 Å². The summed E-state index contributed by atoms with van der Waals surface area (Å²) < 4.78 is 8.94. The minimum absolute atomic E-state index is 0.110. The molecule has 12 heteroatoms. The molecule has 2 N–H and O–H groups in total. The van der Waals surface area contributed by atoms with Crippen LogP contribution in [-0.4, -0.2) is 73.4 Å². The van der Waals surface area contributed by atoms with Crippen molar-refractivity contribution in [2.75, 3.05) is 36.9 Å². The van der Waals surface area contributed by atoms with Crippen LogP contribution in [0.4, 0.5) is 11.4 Å². The number of morpholine rings is 1. The quantitative estimate of drug-likeness (QED) is 0.423. The van der Waals surface area contributed by atoms with Gasteiger partial charge in [-0.05, 0) is 19.9 Å². The summed E-state index contributed by atoms with van der Waals surface area (Å²) in [6.45, 7) is 6.12. The zero-order valence-electron chi connectivity index (χ0n) is 19.7. The average Bonchev–Trinajstić information content (AvgIpc) is 3.51. The molecular formula is C23H26N8O3S. The molecule has 1 aliphatic heterocycles. The number of pyridine rings is 1. The number of anilines is 2. The summed E-state index contributed by atoms with van der Waals surface area (Å²) in [4.78, 5) is 33.7. The molecule has 1 fully saturated rings. The van der Waals surface area contributed by atoms with E-state index in [2.05, 4.69) is 30.7 Å². The number of aryl methyl sites for hydroxylation is 2. The molecule has 35 heavy (non-hydrogen) atoms. The van der Waals surface area contributed by atoms with Crippen LogP contribution in [0.15, 0.2) is 37.1 Å². The van der Waals surface area contributed by atoms with Gasteiger partial charge < -0.3 is 15.4 Å². The van der Waals surface area contributed by atoms with E-state index in [-0.39, 0.29) is 24.5 Å². The van der Waals surface area contributed by atoms with Crippen molar-refractivity contribution in [3.63, 3.8) is 0 Å². The number of nitrogens with one attached hydrogen (secondary N) is 2. The summed E-state index contributed by atoms with van der Waals surface area (Å²) >= 11 is 1.47. The zero-order chi connectivity index (χ0) is 24.5. The van der Waals surface area contributed by atoms with Crippen LogP contribution in [0.25, 0.3) is 15.3 Å². The van der Waals surface area contributed by atoms with Crippen LogP contribution in [0.5, 0.6) is 0 Å². The summed E-state index contributed by atoms with van der Waals surface area (Å²) in [5, 5.41) is 14.3. The first-order valence-electron chi connectivity index (χ1n) is 11.2. The Hall–Kier alpha value is -3.61. The fourth-order valence-corrected chi connectivity index (χ4v) is 5.01. The highest BCUT2D eigenvalue weighted by Crippen LogP contribution is 2.30. The summed E-state index contributed by atoms with van der Waals surface area (Å²) in [5.74, 6) is -0.433. The van der Waals surface area contributed by atoms with Crippen molar-refractivity contribution < 1.29 is 14.3 Å². The lowest BCUT2D eigenvalue weighted by molar-refractivity contribution is -0.119. The van der Waals surface area contributed by atoms with Crippen molar-refractivity contribution in [1.29, 1.82) is 0 Å². The monoisotopic (exact) mass is 494 g/mol. The number of ether oxygens (including phenoxy) is 1. The average molecular weight is 495 g/mol. The second-order valence-electron chi connectivity index (χ2n) is 8.58. The molecule has 11 nitrogen and oxygen atoms in total. The van der Waals surface area contributed by atoms with E-state index in [0.717, 1.165) is 21.8 Å². The number of amides is 2.